The molecular weight excluding hydrogens is 254 g/mol. The molecular formula is C13H18ClNO3. The third-order valence-corrected chi connectivity index (χ3v) is 2.98. The van der Waals surface area contributed by atoms with Crippen LogP contribution in [-0.2, 0) is 4.74 Å². The first-order chi connectivity index (χ1) is 8.47. The van der Waals surface area contributed by atoms with Gasteiger partial charge >= 0.3 is 6.09 Å². The van der Waals surface area contributed by atoms with Crippen molar-refractivity contribution in [2.45, 2.75) is 26.1 Å². The summed E-state index contributed by atoms with van der Waals surface area (Å²) >= 11 is 6.02. The second-order valence-corrected chi connectivity index (χ2v) is 4.74. The Hall–Kier alpha value is -1.26. The molecule has 0 saturated carbocycles. The summed E-state index contributed by atoms with van der Waals surface area (Å²) in [6, 6.07) is 6.97. The van der Waals surface area contributed by atoms with Crippen molar-refractivity contribution in [2.24, 2.45) is 5.92 Å². The molecule has 0 aliphatic heterocycles. The summed E-state index contributed by atoms with van der Waals surface area (Å²) in [5, 5.41) is 13.1. The van der Waals surface area contributed by atoms with Crippen molar-refractivity contribution < 1.29 is 14.6 Å². The van der Waals surface area contributed by atoms with Gasteiger partial charge < -0.3 is 15.2 Å². The SMILES string of the molecule is CNC(=O)O[C@H](C(C)C)[C@H](O)c1ccccc1Cl. The fraction of sp³-hybridized carbons (Fsp3) is 0.462. The minimum Gasteiger partial charge on any atom is -0.443 e. The first-order valence-corrected chi connectivity index (χ1v) is 6.16. The molecule has 1 rings (SSSR count). The number of benzene rings is 1. The molecule has 2 atom stereocenters. The van der Waals surface area contributed by atoms with Crippen molar-refractivity contribution >= 4 is 17.7 Å². The molecule has 0 aromatic heterocycles. The summed E-state index contributed by atoms with van der Waals surface area (Å²) in [5.41, 5.74) is 0.557. The highest BCUT2D eigenvalue weighted by atomic mass is 35.5. The zero-order valence-corrected chi connectivity index (χ0v) is 11.4. The van der Waals surface area contributed by atoms with Crippen molar-refractivity contribution in [1.29, 1.82) is 0 Å². The second kappa shape index (κ2) is 6.61. The van der Waals surface area contributed by atoms with Gasteiger partial charge in [-0.2, -0.15) is 0 Å². The van der Waals surface area contributed by atoms with E-state index in [-0.39, 0.29) is 5.92 Å². The van der Waals surface area contributed by atoms with Crippen LogP contribution < -0.4 is 5.32 Å². The lowest BCUT2D eigenvalue weighted by atomic mass is 9.96. The predicted octanol–water partition coefficient (Wildman–Crippen LogP) is 2.75. The van der Waals surface area contributed by atoms with Crippen molar-refractivity contribution in [3.8, 4) is 0 Å². The Kier molecular flexibility index (Phi) is 5.44. The van der Waals surface area contributed by atoms with Gasteiger partial charge in [0.15, 0.2) is 0 Å². The molecule has 5 heteroatoms. The quantitative estimate of drug-likeness (QED) is 0.885. The van der Waals surface area contributed by atoms with Gasteiger partial charge in [-0.25, -0.2) is 4.79 Å². The molecule has 1 aromatic carbocycles. The van der Waals surface area contributed by atoms with Crippen LogP contribution in [0, 0.1) is 5.92 Å². The number of aliphatic hydroxyl groups excluding tert-OH is 1. The van der Waals surface area contributed by atoms with Crippen LogP contribution in [0.5, 0.6) is 0 Å². The first kappa shape index (κ1) is 14.8. The summed E-state index contributed by atoms with van der Waals surface area (Å²) in [5.74, 6) is -0.0337. The third-order valence-electron chi connectivity index (χ3n) is 2.64. The Morgan fingerprint density at radius 1 is 1.39 bits per heavy atom. The monoisotopic (exact) mass is 271 g/mol. The van der Waals surface area contributed by atoms with E-state index < -0.39 is 18.3 Å². The predicted molar refractivity (Wildman–Crippen MR) is 70.6 cm³/mol. The van der Waals surface area contributed by atoms with E-state index in [1.54, 1.807) is 24.3 Å². The number of rotatable bonds is 4. The number of hydrogen-bond acceptors (Lipinski definition) is 3. The maximum Gasteiger partial charge on any atom is 0.407 e. The van der Waals surface area contributed by atoms with Crippen LogP contribution in [0.3, 0.4) is 0 Å². The van der Waals surface area contributed by atoms with Crippen LogP contribution in [0.4, 0.5) is 4.79 Å². The van der Waals surface area contributed by atoms with E-state index in [0.717, 1.165) is 0 Å². The number of hydrogen-bond donors (Lipinski definition) is 2. The first-order valence-electron chi connectivity index (χ1n) is 5.78. The molecule has 0 radical (unpaired) electrons. The number of carbonyl (C=O) groups excluding carboxylic acids is 1. The van der Waals surface area contributed by atoms with E-state index in [2.05, 4.69) is 5.32 Å². The molecule has 18 heavy (non-hydrogen) atoms. The van der Waals surface area contributed by atoms with E-state index in [4.69, 9.17) is 16.3 Å². The Morgan fingerprint density at radius 3 is 2.50 bits per heavy atom. The molecule has 0 aliphatic rings. The summed E-state index contributed by atoms with van der Waals surface area (Å²) in [4.78, 5) is 11.3. The number of aliphatic hydroxyl groups is 1. The summed E-state index contributed by atoms with van der Waals surface area (Å²) in [6.45, 7) is 3.74. The average molecular weight is 272 g/mol. The van der Waals surface area contributed by atoms with E-state index in [0.29, 0.717) is 10.6 Å². The van der Waals surface area contributed by atoms with Gasteiger partial charge in [-0.3, -0.25) is 0 Å². The minimum absolute atomic E-state index is 0.0337. The number of ether oxygens (including phenoxy) is 1. The number of amides is 1. The number of carbonyl (C=O) groups is 1. The standard InChI is InChI=1S/C13H18ClNO3/c1-8(2)12(18-13(17)15-3)11(16)9-6-4-5-7-10(9)14/h4-8,11-12,16H,1-3H3,(H,15,17)/t11-,12-/m1/s1. The maximum atomic E-state index is 11.3. The number of nitrogens with one attached hydrogen (secondary N) is 1. The zero-order valence-electron chi connectivity index (χ0n) is 10.7. The molecule has 4 nitrogen and oxygen atoms in total. The molecule has 0 aliphatic carbocycles. The highest BCUT2D eigenvalue weighted by Gasteiger charge is 2.28. The van der Waals surface area contributed by atoms with Gasteiger partial charge in [-0.15, -0.1) is 0 Å². The smallest absolute Gasteiger partial charge is 0.407 e. The molecule has 0 saturated heterocycles. The molecule has 0 fully saturated rings. The van der Waals surface area contributed by atoms with Crippen LogP contribution in [0.25, 0.3) is 0 Å². The van der Waals surface area contributed by atoms with Crippen molar-refractivity contribution in [3.63, 3.8) is 0 Å². The third kappa shape index (κ3) is 3.62. The number of alkyl carbamates (subject to hydrolysis) is 1. The Morgan fingerprint density at radius 2 is 2.00 bits per heavy atom. The fourth-order valence-corrected chi connectivity index (χ4v) is 1.89. The maximum absolute atomic E-state index is 11.3. The molecule has 2 N–H and O–H groups in total. The average Bonchev–Trinajstić information content (AvgIpc) is 2.35. The lowest BCUT2D eigenvalue weighted by molar-refractivity contribution is -0.0222. The van der Waals surface area contributed by atoms with Gasteiger partial charge in [0, 0.05) is 17.6 Å². The van der Waals surface area contributed by atoms with Gasteiger partial charge in [0.2, 0.25) is 0 Å². The van der Waals surface area contributed by atoms with Gasteiger partial charge in [-0.1, -0.05) is 43.6 Å². The molecule has 1 aromatic rings. The van der Waals surface area contributed by atoms with Crippen LogP contribution >= 0.6 is 11.6 Å². The Balaban J connectivity index is 2.93. The Bertz CT molecular complexity index is 409. The fourth-order valence-electron chi connectivity index (χ4n) is 1.64. The molecule has 0 unspecified atom stereocenters. The minimum atomic E-state index is -0.948. The van der Waals surface area contributed by atoms with Crippen LogP contribution in [-0.4, -0.2) is 24.4 Å². The highest BCUT2D eigenvalue weighted by molar-refractivity contribution is 6.31. The topological polar surface area (TPSA) is 58.6 Å². The second-order valence-electron chi connectivity index (χ2n) is 4.33. The summed E-state index contributed by atoms with van der Waals surface area (Å²) in [6.07, 6.45) is -2.17. The summed E-state index contributed by atoms with van der Waals surface area (Å²) < 4.78 is 5.17. The van der Waals surface area contributed by atoms with E-state index in [1.165, 1.54) is 7.05 Å². The van der Waals surface area contributed by atoms with Gasteiger partial charge in [-0.05, 0) is 12.0 Å². The van der Waals surface area contributed by atoms with Crippen molar-refractivity contribution in [2.75, 3.05) is 7.05 Å². The highest BCUT2D eigenvalue weighted by Crippen LogP contribution is 2.29. The molecule has 1 amide bonds. The molecule has 100 valence electrons. The summed E-state index contributed by atoms with van der Waals surface area (Å²) in [7, 11) is 1.47. The van der Waals surface area contributed by atoms with Crippen LogP contribution in [0.1, 0.15) is 25.5 Å². The zero-order chi connectivity index (χ0) is 13.7. The number of halogens is 1. The normalized spacial score (nSPS) is 14.1. The lowest BCUT2D eigenvalue weighted by Gasteiger charge is -2.26. The van der Waals surface area contributed by atoms with Gasteiger partial charge in [0.05, 0.1) is 0 Å². The Labute approximate surface area is 112 Å². The molecule has 0 spiro atoms. The largest absolute Gasteiger partial charge is 0.443 e. The molecule has 0 heterocycles. The van der Waals surface area contributed by atoms with Crippen molar-refractivity contribution in [1.82, 2.24) is 5.32 Å². The van der Waals surface area contributed by atoms with Crippen LogP contribution in [0.2, 0.25) is 5.02 Å². The van der Waals surface area contributed by atoms with E-state index >= 15 is 0 Å². The van der Waals surface area contributed by atoms with E-state index in [9.17, 15) is 9.90 Å². The van der Waals surface area contributed by atoms with E-state index in [1.807, 2.05) is 13.8 Å². The van der Waals surface area contributed by atoms with Crippen LogP contribution in [0.15, 0.2) is 24.3 Å². The van der Waals surface area contributed by atoms with Crippen molar-refractivity contribution in [3.05, 3.63) is 34.9 Å². The van der Waals surface area contributed by atoms with Gasteiger partial charge in [0.25, 0.3) is 0 Å². The molecule has 0 bridgehead atoms. The lowest BCUT2D eigenvalue weighted by Crippen LogP contribution is -2.34. The van der Waals surface area contributed by atoms with Gasteiger partial charge in [0.1, 0.15) is 12.2 Å².